The minimum absolute atomic E-state index is 0.0391. The Morgan fingerprint density at radius 3 is 2.33 bits per heavy atom. The maximum absolute atomic E-state index is 8.60. The average Bonchev–Trinajstić information content (AvgIpc) is 2.26. The fraction of sp³-hybridized carbons (Fsp3) is 0.222. The molecular formula is C9H11N5O. The van der Waals surface area contributed by atoms with Crippen LogP contribution in [-0.4, -0.2) is 25.1 Å². The Labute approximate surface area is 87.1 Å². The van der Waals surface area contributed by atoms with Gasteiger partial charge in [0.2, 0.25) is 0 Å². The van der Waals surface area contributed by atoms with Gasteiger partial charge in [0.1, 0.15) is 0 Å². The van der Waals surface area contributed by atoms with Crippen molar-refractivity contribution in [1.82, 2.24) is 0 Å². The molecule has 0 amide bonds. The highest BCUT2D eigenvalue weighted by atomic mass is 16.4. The summed E-state index contributed by atoms with van der Waals surface area (Å²) < 4.78 is 0. The Balaban J connectivity index is 3.02. The first-order chi connectivity index (χ1) is 7.19. The first-order valence-corrected chi connectivity index (χ1v) is 4.24. The summed E-state index contributed by atoms with van der Waals surface area (Å²) in [7, 11) is 3.84. The van der Waals surface area contributed by atoms with Crippen molar-refractivity contribution in [2.45, 2.75) is 0 Å². The van der Waals surface area contributed by atoms with E-state index in [1.165, 1.54) is 0 Å². The van der Waals surface area contributed by atoms with Crippen LogP contribution in [0.5, 0.6) is 0 Å². The van der Waals surface area contributed by atoms with Gasteiger partial charge in [0.25, 0.3) is 0 Å². The average molecular weight is 205 g/mol. The summed E-state index contributed by atoms with van der Waals surface area (Å²) in [4.78, 5) is 4.50. The fourth-order valence-electron chi connectivity index (χ4n) is 1.09. The zero-order valence-electron chi connectivity index (χ0n) is 8.49. The molecule has 0 fully saturated rings. The maximum atomic E-state index is 8.60. The van der Waals surface area contributed by atoms with Gasteiger partial charge in [-0.15, -0.1) is 0 Å². The molecule has 0 heterocycles. The van der Waals surface area contributed by atoms with Crippen molar-refractivity contribution in [3.05, 3.63) is 40.3 Å². The van der Waals surface area contributed by atoms with E-state index in [0.717, 1.165) is 5.69 Å². The number of rotatable bonds is 2. The molecule has 1 N–H and O–H groups in total. The molecule has 0 aliphatic carbocycles. The highest BCUT2D eigenvalue weighted by molar-refractivity contribution is 5.99. The molecule has 0 aliphatic rings. The van der Waals surface area contributed by atoms with Gasteiger partial charge >= 0.3 is 0 Å². The Morgan fingerprint density at radius 2 is 1.93 bits per heavy atom. The maximum Gasteiger partial charge on any atom is 0.173 e. The molecule has 1 aromatic carbocycles. The number of azide groups is 1. The van der Waals surface area contributed by atoms with Crippen LogP contribution < -0.4 is 4.90 Å². The van der Waals surface area contributed by atoms with E-state index in [0.29, 0.717) is 5.56 Å². The molecule has 0 radical (unpaired) electrons. The van der Waals surface area contributed by atoms with E-state index in [4.69, 9.17) is 10.7 Å². The normalized spacial score (nSPS) is 10.7. The fourth-order valence-corrected chi connectivity index (χ4v) is 1.09. The van der Waals surface area contributed by atoms with Crippen LogP contribution in [0.25, 0.3) is 10.4 Å². The predicted octanol–water partition coefficient (Wildman–Crippen LogP) is 2.20. The van der Waals surface area contributed by atoms with E-state index in [1.54, 1.807) is 12.1 Å². The molecule has 0 bridgehead atoms. The summed E-state index contributed by atoms with van der Waals surface area (Å²) in [6.07, 6.45) is 0. The first-order valence-electron chi connectivity index (χ1n) is 4.24. The van der Waals surface area contributed by atoms with Crippen LogP contribution in [0.15, 0.2) is 34.5 Å². The summed E-state index contributed by atoms with van der Waals surface area (Å²) in [5.41, 5.74) is 9.81. The molecule has 0 unspecified atom stereocenters. The highest BCUT2D eigenvalue weighted by Crippen LogP contribution is 2.13. The molecule has 15 heavy (non-hydrogen) atoms. The Morgan fingerprint density at radius 1 is 1.33 bits per heavy atom. The lowest BCUT2D eigenvalue weighted by atomic mass is 10.2. The van der Waals surface area contributed by atoms with Gasteiger partial charge in [0, 0.05) is 30.3 Å². The quantitative estimate of drug-likeness (QED) is 0.153. The second kappa shape index (κ2) is 4.88. The third-order valence-electron chi connectivity index (χ3n) is 1.88. The van der Waals surface area contributed by atoms with Crippen molar-refractivity contribution in [2.24, 2.45) is 10.3 Å². The largest absolute Gasteiger partial charge is 0.410 e. The lowest BCUT2D eigenvalue weighted by Gasteiger charge is -2.12. The minimum atomic E-state index is -0.0391. The smallest absolute Gasteiger partial charge is 0.173 e. The van der Waals surface area contributed by atoms with Gasteiger partial charge < -0.3 is 10.1 Å². The van der Waals surface area contributed by atoms with Crippen LogP contribution in [0, 0.1) is 0 Å². The van der Waals surface area contributed by atoms with E-state index >= 15 is 0 Å². The number of nitrogens with zero attached hydrogens (tertiary/aromatic N) is 5. The minimum Gasteiger partial charge on any atom is -0.410 e. The predicted molar refractivity (Wildman–Crippen MR) is 58.2 cm³/mol. The molecule has 0 spiro atoms. The third kappa shape index (κ3) is 2.62. The lowest BCUT2D eigenvalue weighted by Crippen LogP contribution is -2.08. The van der Waals surface area contributed by atoms with Crippen molar-refractivity contribution >= 4 is 11.5 Å². The molecule has 0 saturated carbocycles. The summed E-state index contributed by atoms with van der Waals surface area (Å²) in [6.45, 7) is 0. The Hall–Kier alpha value is -2.20. The van der Waals surface area contributed by atoms with E-state index in [2.05, 4.69) is 15.2 Å². The lowest BCUT2D eigenvalue weighted by molar-refractivity contribution is 0.318. The molecule has 0 atom stereocenters. The van der Waals surface area contributed by atoms with Crippen LogP contribution in [0.3, 0.4) is 0 Å². The molecule has 0 saturated heterocycles. The van der Waals surface area contributed by atoms with E-state index in [1.807, 2.05) is 31.1 Å². The van der Waals surface area contributed by atoms with Gasteiger partial charge in [-0.3, -0.25) is 0 Å². The van der Waals surface area contributed by atoms with E-state index < -0.39 is 0 Å². The first kappa shape index (κ1) is 10.9. The second-order valence-corrected chi connectivity index (χ2v) is 3.05. The molecule has 78 valence electrons. The zero-order chi connectivity index (χ0) is 11.3. The summed E-state index contributed by atoms with van der Waals surface area (Å²) in [5, 5.41) is 14.8. The number of hydrogen-bond acceptors (Lipinski definition) is 3. The van der Waals surface area contributed by atoms with Crippen molar-refractivity contribution in [1.29, 1.82) is 0 Å². The monoisotopic (exact) mass is 205 g/mol. The van der Waals surface area contributed by atoms with Gasteiger partial charge in [-0.05, 0) is 22.8 Å². The van der Waals surface area contributed by atoms with Gasteiger partial charge in [-0.1, -0.05) is 17.3 Å². The SMILES string of the molecule is CN(C)c1ccc(/C(N=[N+]=[N-])=N/O)cc1. The molecule has 1 aromatic rings. The van der Waals surface area contributed by atoms with Gasteiger partial charge in [0.15, 0.2) is 5.84 Å². The second-order valence-electron chi connectivity index (χ2n) is 3.05. The van der Waals surface area contributed by atoms with Crippen LogP contribution in [0.4, 0.5) is 5.69 Å². The van der Waals surface area contributed by atoms with E-state index in [9.17, 15) is 0 Å². The number of hydrogen-bond donors (Lipinski definition) is 1. The molecule has 0 aliphatic heterocycles. The van der Waals surface area contributed by atoms with Crippen LogP contribution in [0.2, 0.25) is 0 Å². The number of anilines is 1. The molecule has 0 aromatic heterocycles. The van der Waals surface area contributed by atoms with Crippen LogP contribution in [0.1, 0.15) is 5.56 Å². The Kier molecular flexibility index (Phi) is 3.54. The standard InChI is InChI=1S/C9H11N5O/c1-14(2)8-5-3-7(4-6-8)9(12-15)11-13-10/h3-6,15H,1-2H3/b12-9-. The third-order valence-corrected chi connectivity index (χ3v) is 1.88. The molecule has 1 rings (SSSR count). The van der Waals surface area contributed by atoms with Crippen LogP contribution >= 0.6 is 0 Å². The van der Waals surface area contributed by atoms with Gasteiger partial charge in [0.05, 0.1) is 0 Å². The van der Waals surface area contributed by atoms with Crippen molar-refractivity contribution < 1.29 is 5.21 Å². The van der Waals surface area contributed by atoms with Gasteiger partial charge in [-0.25, -0.2) is 0 Å². The van der Waals surface area contributed by atoms with E-state index in [-0.39, 0.29) is 5.84 Å². The van der Waals surface area contributed by atoms with Crippen molar-refractivity contribution in [3.8, 4) is 0 Å². The van der Waals surface area contributed by atoms with Crippen LogP contribution in [-0.2, 0) is 0 Å². The van der Waals surface area contributed by atoms with Crippen molar-refractivity contribution in [2.75, 3.05) is 19.0 Å². The van der Waals surface area contributed by atoms with Gasteiger partial charge in [-0.2, -0.15) is 0 Å². The highest BCUT2D eigenvalue weighted by Gasteiger charge is 2.02. The molecular weight excluding hydrogens is 194 g/mol. The zero-order valence-corrected chi connectivity index (χ0v) is 8.49. The summed E-state index contributed by atoms with van der Waals surface area (Å²) in [6, 6.07) is 7.12. The molecule has 6 nitrogen and oxygen atoms in total. The number of amidine groups is 1. The Bertz CT molecular complexity index is 403. The summed E-state index contributed by atoms with van der Waals surface area (Å²) >= 11 is 0. The number of benzene rings is 1. The topological polar surface area (TPSA) is 84.6 Å². The molecule has 6 heteroatoms. The summed E-state index contributed by atoms with van der Waals surface area (Å²) in [5.74, 6) is -0.0391. The van der Waals surface area contributed by atoms with Crippen molar-refractivity contribution in [3.63, 3.8) is 0 Å². The number of oxime groups is 1.